The Bertz CT molecular complexity index is 1480. The zero-order valence-electron chi connectivity index (χ0n) is 36.5. The third-order valence-corrected chi connectivity index (χ3v) is 7.79. The normalized spacial score (nSPS) is 13.0. The molecule has 18 heteroatoms. The summed E-state index contributed by atoms with van der Waals surface area (Å²) in [7, 11) is 0. The summed E-state index contributed by atoms with van der Waals surface area (Å²) >= 11 is 0. The van der Waals surface area contributed by atoms with Gasteiger partial charge in [0.2, 0.25) is 11.8 Å². The van der Waals surface area contributed by atoms with Gasteiger partial charge in [0.25, 0.3) is 0 Å². The second-order valence-electron chi connectivity index (χ2n) is 15.9. The molecule has 0 fully saturated rings. The molecule has 0 radical (unpaired) electrons. The van der Waals surface area contributed by atoms with Crippen LogP contribution in [-0.4, -0.2) is 108 Å². The molecule has 0 aliphatic heterocycles. The average Bonchev–Trinajstić information content (AvgIpc) is 3.11. The molecular weight excluding hydrogens is 772 g/mol. The highest BCUT2D eigenvalue weighted by Crippen LogP contribution is 2.16. The summed E-state index contributed by atoms with van der Waals surface area (Å²) in [6, 6.07) is -2.16. The molecule has 0 heterocycles. The number of carboxylic acid groups (broad SMARTS) is 1. The second-order valence-corrected chi connectivity index (χ2v) is 15.9. The van der Waals surface area contributed by atoms with Crippen LogP contribution in [0.5, 0.6) is 0 Å². The number of nitrogens with two attached hydrogens (primary N) is 1. The number of esters is 3. The number of rotatable bonds is 25. The lowest BCUT2D eigenvalue weighted by atomic mass is 9.95. The van der Waals surface area contributed by atoms with E-state index in [2.05, 4.69) is 29.1 Å². The van der Waals surface area contributed by atoms with E-state index in [-0.39, 0.29) is 99.4 Å². The van der Waals surface area contributed by atoms with Gasteiger partial charge in [-0.2, -0.15) is 0 Å². The SMILES string of the molecule is C=C(C)C(=O)OCCNC(=O)[C@@H](CC)CC(=O)CC[C@H](N)C(=O)O.C=C(C)C(=O)OCCNC(=O)[C@@H](CC)CC(=O)CC[C@H](NC(=O)OC(C)(C)C)C(=O)OC(C)(C)C. The van der Waals surface area contributed by atoms with Crippen molar-refractivity contribution < 1.29 is 67.2 Å². The van der Waals surface area contributed by atoms with Gasteiger partial charge in [-0.05, 0) is 81.1 Å². The predicted octanol–water partition coefficient (Wildman–Crippen LogP) is 3.62. The van der Waals surface area contributed by atoms with Gasteiger partial charge >= 0.3 is 30.0 Å². The van der Waals surface area contributed by atoms with Crippen molar-refractivity contribution in [1.29, 1.82) is 0 Å². The van der Waals surface area contributed by atoms with Crippen molar-refractivity contribution in [3.63, 3.8) is 0 Å². The van der Waals surface area contributed by atoms with Gasteiger partial charge in [0.1, 0.15) is 48.1 Å². The smallest absolute Gasteiger partial charge is 0.408 e. The number of hydrogen-bond acceptors (Lipinski definition) is 14. The molecule has 0 aromatic carbocycles. The number of Topliss-reactive ketones (excluding diaryl/α,β-unsaturated/α-hetero) is 2. The van der Waals surface area contributed by atoms with Crippen LogP contribution in [0.1, 0.15) is 121 Å². The maximum absolute atomic E-state index is 12.6. The van der Waals surface area contributed by atoms with Gasteiger partial charge < -0.3 is 45.7 Å². The minimum atomic E-state index is -1.16. The molecule has 3 amide bonds. The summed E-state index contributed by atoms with van der Waals surface area (Å²) in [6.45, 7) is 24.0. The minimum absolute atomic E-state index is 0.00188. The summed E-state index contributed by atoms with van der Waals surface area (Å²) in [5.74, 6) is -5.05. The first kappa shape index (κ1) is 56.0. The number of carboxylic acids is 1. The van der Waals surface area contributed by atoms with Crippen LogP contribution in [-0.2, 0) is 57.3 Å². The first-order chi connectivity index (χ1) is 27.1. The van der Waals surface area contributed by atoms with Gasteiger partial charge in [-0.3, -0.25) is 24.0 Å². The van der Waals surface area contributed by atoms with Crippen LogP contribution in [0, 0.1) is 11.8 Å². The van der Waals surface area contributed by atoms with E-state index in [9.17, 15) is 43.2 Å². The van der Waals surface area contributed by atoms with Crippen molar-refractivity contribution in [3.05, 3.63) is 24.3 Å². The summed E-state index contributed by atoms with van der Waals surface area (Å²) in [5, 5.41) is 16.4. The quantitative estimate of drug-likeness (QED) is 0.0380. The molecule has 0 aromatic rings. The Morgan fingerprint density at radius 2 is 1.05 bits per heavy atom. The van der Waals surface area contributed by atoms with Crippen molar-refractivity contribution in [1.82, 2.24) is 16.0 Å². The number of aliphatic carboxylic acids is 1. The number of hydrogen-bond donors (Lipinski definition) is 5. The van der Waals surface area contributed by atoms with E-state index in [4.69, 9.17) is 29.8 Å². The van der Waals surface area contributed by atoms with Crippen molar-refractivity contribution in [3.8, 4) is 0 Å². The highest BCUT2D eigenvalue weighted by atomic mass is 16.6. The van der Waals surface area contributed by atoms with E-state index in [0.717, 1.165) is 0 Å². The first-order valence-corrected chi connectivity index (χ1v) is 19.6. The van der Waals surface area contributed by atoms with Gasteiger partial charge in [0.15, 0.2) is 0 Å². The van der Waals surface area contributed by atoms with Crippen molar-refractivity contribution in [2.24, 2.45) is 17.6 Å². The second kappa shape index (κ2) is 28.3. The first-order valence-electron chi connectivity index (χ1n) is 19.6. The fourth-order valence-corrected chi connectivity index (χ4v) is 4.59. The Balaban J connectivity index is 0. The lowest BCUT2D eigenvalue weighted by Crippen LogP contribution is -2.46. The standard InChI is InChI=1S/C25H42N2O8.C16H26N2O6/c1-10-17(20(29)26-13-14-33-21(30)16(2)3)15-18(28)11-12-19(22(31)34-24(4,5)6)27-23(32)35-25(7,8)9;1-4-11(9-12(19)5-6-13(17)15(21)22)14(20)18-7-8-24-16(23)10(2)3/h17,19H,2,10-15H2,1,3-9H3,(H,26,29)(H,27,32);11,13H,2,4-9,17H2,1,3H3,(H,18,20)(H,21,22)/t17-,19-;11-,13-/m00/s1. The van der Waals surface area contributed by atoms with E-state index in [1.807, 2.05) is 0 Å². The topological polar surface area (TPSA) is 273 Å². The number of amides is 3. The third kappa shape index (κ3) is 28.8. The Kier molecular flexibility index (Phi) is 26.9. The van der Waals surface area contributed by atoms with E-state index in [1.165, 1.54) is 13.8 Å². The third-order valence-electron chi connectivity index (χ3n) is 7.79. The molecule has 336 valence electrons. The van der Waals surface area contributed by atoms with Crippen LogP contribution >= 0.6 is 0 Å². The molecule has 0 saturated carbocycles. The molecule has 0 spiro atoms. The molecular formula is C41H68N4O14. The maximum atomic E-state index is 12.6. The molecule has 6 N–H and O–H groups in total. The number of ketones is 2. The molecule has 0 aliphatic rings. The van der Waals surface area contributed by atoms with Crippen LogP contribution in [0.15, 0.2) is 24.3 Å². The summed E-state index contributed by atoms with van der Waals surface area (Å²) in [4.78, 5) is 107. The van der Waals surface area contributed by atoms with E-state index in [0.29, 0.717) is 12.8 Å². The van der Waals surface area contributed by atoms with Crippen molar-refractivity contribution in [2.45, 2.75) is 144 Å². The molecule has 4 atom stereocenters. The van der Waals surface area contributed by atoms with Gasteiger partial charge in [0.05, 0.1) is 13.1 Å². The predicted molar refractivity (Wildman–Crippen MR) is 217 cm³/mol. The fraction of sp³-hybridized carbons (Fsp3) is 0.683. The van der Waals surface area contributed by atoms with Crippen molar-refractivity contribution in [2.75, 3.05) is 26.3 Å². The number of ether oxygens (including phenoxy) is 4. The van der Waals surface area contributed by atoms with E-state index in [1.54, 1.807) is 55.4 Å². The van der Waals surface area contributed by atoms with Crippen LogP contribution in [0.25, 0.3) is 0 Å². The molecule has 0 saturated heterocycles. The number of alkyl carbamates (subject to hydrolysis) is 1. The average molecular weight is 841 g/mol. The Morgan fingerprint density at radius 3 is 1.39 bits per heavy atom. The molecule has 18 nitrogen and oxygen atoms in total. The fourth-order valence-electron chi connectivity index (χ4n) is 4.59. The molecule has 0 bridgehead atoms. The van der Waals surface area contributed by atoms with Crippen molar-refractivity contribution >= 4 is 53.4 Å². The monoisotopic (exact) mass is 840 g/mol. The lowest BCUT2D eigenvalue weighted by molar-refractivity contribution is -0.157. The highest BCUT2D eigenvalue weighted by Gasteiger charge is 2.30. The highest BCUT2D eigenvalue weighted by molar-refractivity contribution is 5.89. The maximum Gasteiger partial charge on any atom is 0.408 e. The molecule has 0 rings (SSSR count). The number of nitrogens with one attached hydrogen (secondary N) is 3. The van der Waals surface area contributed by atoms with E-state index >= 15 is 0 Å². The summed E-state index contributed by atoms with van der Waals surface area (Å²) < 4.78 is 20.3. The van der Waals surface area contributed by atoms with Gasteiger partial charge in [-0.1, -0.05) is 27.0 Å². The van der Waals surface area contributed by atoms with Gasteiger partial charge in [-0.15, -0.1) is 0 Å². The van der Waals surface area contributed by atoms with Crippen LogP contribution < -0.4 is 21.7 Å². The van der Waals surface area contributed by atoms with Gasteiger partial charge in [-0.25, -0.2) is 19.2 Å². The summed E-state index contributed by atoms with van der Waals surface area (Å²) in [6.07, 6.45) is 0.127. The van der Waals surface area contributed by atoms with E-state index < -0.39 is 65.1 Å². The Morgan fingerprint density at radius 1 is 0.661 bits per heavy atom. The zero-order valence-corrected chi connectivity index (χ0v) is 36.5. The van der Waals surface area contributed by atoms with Gasteiger partial charge in [0, 0.05) is 48.7 Å². The Labute approximate surface area is 348 Å². The van der Waals surface area contributed by atoms with Crippen LogP contribution in [0.3, 0.4) is 0 Å². The number of carbonyl (C=O) groups excluding carboxylic acids is 8. The lowest BCUT2D eigenvalue weighted by Gasteiger charge is -2.26. The zero-order chi connectivity index (χ0) is 46.1. The molecule has 0 unspecified atom stereocenters. The minimum Gasteiger partial charge on any atom is -0.480 e. The molecule has 59 heavy (non-hydrogen) atoms. The van der Waals surface area contributed by atoms with Crippen LogP contribution in [0.4, 0.5) is 4.79 Å². The molecule has 0 aliphatic carbocycles. The van der Waals surface area contributed by atoms with Crippen LogP contribution in [0.2, 0.25) is 0 Å². The number of carbonyl (C=O) groups is 9. The molecule has 0 aromatic heterocycles. The Hall–Kier alpha value is -5.13. The largest absolute Gasteiger partial charge is 0.480 e. The summed E-state index contributed by atoms with van der Waals surface area (Å²) in [5.41, 5.74) is 4.34.